The first-order valence-electron chi connectivity index (χ1n) is 12.7. The summed E-state index contributed by atoms with van der Waals surface area (Å²) in [7, 11) is -4.78. The zero-order valence-electron chi connectivity index (χ0n) is 23.0. The normalized spacial score (nSPS) is 17.9. The number of nitrogens with zero attached hydrogens (tertiary/aromatic N) is 2. The molecule has 0 N–H and O–H groups in total. The van der Waals surface area contributed by atoms with Crippen LogP contribution in [-0.4, -0.2) is 60.0 Å². The Balaban J connectivity index is 2.33. The molecule has 0 saturated carbocycles. The van der Waals surface area contributed by atoms with E-state index in [0.29, 0.717) is 29.3 Å². The molecule has 10 nitrogen and oxygen atoms in total. The molecule has 1 atom stereocenters. The van der Waals surface area contributed by atoms with Gasteiger partial charge in [0, 0.05) is 18.9 Å². The number of Topliss-reactive ketones (excluding diaryl/α,β-unsaturated/α-hetero) is 1. The van der Waals surface area contributed by atoms with Gasteiger partial charge in [-0.05, 0) is 65.6 Å². The molecule has 0 spiro atoms. The number of hydrogen-bond donors (Lipinski definition) is 0. The van der Waals surface area contributed by atoms with E-state index in [4.69, 9.17) is 23.1 Å². The van der Waals surface area contributed by atoms with E-state index in [9.17, 15) is 14.2 Å². The Morgan fingerprint density at radius 2 is 1.73 bits per heavy atom. The predicted octanol–water partition coefficient (Wildman–Crippen LogP) is 3.94. The number of aromatic nitrogens is 2. The number of aldehydes is 1. The average molecular weight is 536 g/mol. The van der Waals surface area contributed by atoms with Crippen LogP contribution in [0.25, 0.3) is 10.9 Å². The quantitative estimate of drug-likeness (QED) is 0.123. The molecule has 1 saturated heterocycles. The van der Waals surface area contributed by atoms with E-state index in [1.54, 1.807) is 26.0 Å². The molecular weight excluding hydrogens is 498 g/mol. The number of hydrogen-bond acceptors (Lipinski definition) is 9. The van der Waals surface area contributed by atoms with Gasteiger partial charge < -0.3 is 23.1 Å². The van der Waals surface area contributed by atoms with Gasteiger partial charge >= 0.3 is 14.7 Å². The van der Waals surface area contributed by atoms with Crippen LogP contribution in [0.15, 0.2) is 12.1 Å². The van der Waals surface area contributed by atoms with Gasteiger partial charge in [0.1, 0.15) is 5.69 Å². The van der Waals surface area contributed by atoms with Crippen LogP contribution in [0.1, 0.15) is 84.9 Å². The second-order valence-corrected chi connectivity index (χ2v) is 11.9. The summed E-state index contributed by atoms with van der Waals surface area (Å²) in [5.74, 6) is -0.299. The van der Waals surface area contributed by atoms with Crippen molar-refractivity contribution in [3.63, 3.8) is 0 Å². The van der Waals surface area contributed by atoms with Gasteiger partial charge in [-0.1, -0.05) is 13.3 Å². The van der Waals surface area contributed by atoms with Crippen molar-refractivity contribution in [3.05, 3.63) is 17.8 Å². The summed E-state index contributed by atoms with van der Waals surface area (Å²) in [6.45, 7) is 15.1. The van der Waals surface area contributed by atoms with Crippen LogP contribution in [0, 0.1) is 0 Å². The maximum atomic E-state index is 14.1. The minimum absolute atomic E-state index is 0.132. The van der Waals surface area contributed by atoms with Crippen LogP contribution in [0.4, 0.5) is 0 Å². The average Bonchev–Trinajstić information content (AvgIpc) is 3.29. The molecule has 37 heavy (non-hydrogen) atoms. The molecule has 1 unspecified atom stereocenters. The van der Waals surface area contributed by atoms with Crippen molar-refractivity contribution in [1.82, 2.24) is 9.78 Å². The number of rotatable bonds is 13. The number of ether oxygens (including phenoxy) is 1. The molecule has 204 valence electrons. The first kappa shape index (κ1) is 29.7. The zero-order chi connectivity index (χ0) is 27.6. The Kier molecular flexibility index (Phi) is 9.20. The molecule has 1 aliphatic rings. The summed E-state index contributed by atoms with van der Waals surface area (Å²) in [5, 5.41) is 5.11. The minimum atomic E-state index is -3.86. The molecule has 2 heterocycles. The van der Waals surface area contributed by atoms with Crippen LogP contribution in [0.2, 0.25) is 0 Å². The van der Waals surface area contributed by atoms with Gasteiger partial charge in [-0.25, -0.2) is 4.68 Å². The van der Waals surface area contributed by atoms with Gasteiger partial charge in [-0.3, -0.25) is 14.2 Å². The van der Waals surface area contributed by atoms with E-state index in [1.807, 2.05) is 34.6 Å². The summed E-state index contributed by atoms with van der Waals surface area (Å²) in [6, 6.07) is 3.26. The molecule has 0 bridgehead atoms. The van der Waals surface area contributed by atoms with E-state index in [-0.39, 0.29) is 30.0 Å². The second kappa shape index (κ2) is 11.5. The topological polar surface area (TPSA) is 115 Å². The van der Waals surface area contributed by atoms with Crippen molar-refractivity contribution in [2.45, 2.75) is 85.7 Å². The van der Waals surface area contributed by atoms with Crippen LogP contribution in [0.5, 0.6) is 0 Å². The minimum Gasteiger partial charge on any atom is -0.399 e. The molecule has 0 amide bonds. The molecule has 2 aromatic rings. The Hall–Kier alpha value is -1.88. The van der Waals surface area contributed by atoms with Crippen LogP contribution < -0.4 is 10.8 Å². The monoisotopic (exact) mass is 536 g/mol. The second-order valence-electron chi connectivity index (χ2n) is 9.95. The molecule has 1 aromatic carbocycles. The highest BCUT2D eigenvalue weighted by atomic mass is 31.2. The van der Waals surface area contributed by atoms with E-state index >= 15 is 0 Å². The fourth-order valence-electron chi connectivity index (χ4n) is 4.07. The number of benzene rings is 1. The number of ketones is 1. The lowest BCUT2D eigenvalue weighted by atomic mass is 9.78. The van der Waals surface area contributed by atoms with Gasteiger partial charge in [0.2, 0.25) is 6.23 Å². The smallest absolute Gasteiger partial charge is 0.399 e. The SMILES string of the molecule is CCCCOC(C=O)n1nc(C(C)=O)c2cc(B3OC(C)(C)C(C)(C)O3)c(P(=O)(OCC)OCC)cc21. The van der Waals surface area contributed by atoms with Crippen molar-refractivity contribution in [2.24, 2.45) is 0 Å². The summed E-state index contributed by atoms with van der Waals surface area (Å²) < 4.78 is 45.2. The third-order valence-electron chi connectivity index (χ3n) is 6.73. The van der Waals surface area contributed by atoms with Crippen LogP contribution in [0.3, 0.4) is 0 Å². The van der Waals surface area contributed by atoms with Crippen molar-refractivity contribution in [2.75, 3.05) is 19.8 Å². The third-order valence-corrected chi connectivity index (χ3v) is 8.91. The van der Waals surface area contributed by atoms with Crippen LogP contribution >= 0.6 is 7.60 Å². The fourth-order valence-corrected chi connectivity index (χ4v) is 5.87. The van der Waals surface area contributed by atoms with Crippen LogP contribution in [-0.2, 0) is 32.5 Å². The predicted molar refractivity (Wildman–Crippen MR) is 142 cm³/mol. The Morgan fingerprint density at radius 3 is 2.22 bits per heavy atom. The molecule has 1 aliphatic heterocycles. The Morgan fingerprint density at radius 1 is 1.14 bits per heavy atom. The van der Waals surface area contributed by atoms with Gasteiger partial charge in [0.25, 0.3) is 0 Å². The molecule has 1 fully saturated rings. The Labute approximate surface area is 219 Å². The van der Waals surface area contributed by atoms with Gasteiger partial charge in [0.05, 0.1) is 35.2 Å². The maximum Gasteiger partial charge on any atom is 0.495 e. The molecule has 12 heteroatoms. The van der Waals surface area contributed by atoms with Gasteiger partial charge in [-0.2, -0.15) is 5.10 Å². The van der Waals surface area contributed by atoms with E-state index in [0.717, 1.165) is 12.8 Å². The lowest BCUT2D eigenvalue weighted by Gasteiger charge is -2.32. The number of unbranched alkanes of at least 4 members (excludes halogenated alkanes) is 1. The first-order chi connectivity index (χ1) is 17.4. The van der Waals surface area contributed by atoms with E-state index < -0.39 is 32.1 Å². The molecule has 3 rings (SSSR count). The molecular formula is C25H38BN2O8P. The maximum absolute atomic E-state index is 14.1. The highest BCUT2D eigenvalue weighted by Crippen LogP contribution is 2.48. The molecule has 0 aliphatic carbocycles. The summed E-state index contributed by atoms with van der Waals surface area (Å²) >= 11 is 0. The highest BCUT2D eigenvalue weighted by Gasteiger charge is 2.53. The van der Waals surface area contributed by atoms with Crippen molar-refractivity contribution in [1.29, 1.82) is 0 Å². The van der Waals surface area contributed by atoms with Crippen molar-refractivity contribution in [3.8, 4) is 0 Å². The summed E-state index contributed by atoms with van der Waals surface area (Å²) in [6.07, 6.45) is 1.19. The lowest BCUT2D eigenvalue weighted by Crippen LogP contribution is -2.44. The van der Waals surface area contributed by atoms with E-state index in [2.05, 4.69) is 5.10 Å². The van der Waals surface area contributed by atoms with Gasteiger partial charge in [-0.15, -0.1) is 0 Å². The number of fused-ring (bicyclic) bond motifs is 1. The van der Waals surface area contributed by atoms with E-state index in [1.165, 1.54) is 11.6 Å². The molecule has 0 radical (unpaired) electrons. The standard InChI is InChI=1S/C25H38BN2O8P/c1-9-12-13-32-22(16-29)28-20-15-21(37(31,33-10-2)34-11-3)19(14-18(20)23(27-28)17(4)30)26-35-24(5,6)25(7,8)36-26/h14-16,22H,9-13H2,1-8H3. The fraction of sp³-hybridized carbons (Fsp3) is 0.640. The van der Waals surface area contributed by atoms with Crippen molar-refractivity contribution < 1.29 is 37.2 Å². The van der Waals surface area contributed by atoms with Crippen molar-refractivity contribution >= 4 is 48.5 Å². The third kappa shape index (κ3) is 5.77. The molecule has 1 aromatic heterocycles. The zero-order valence-corrected chi connectivity index (χ0v) is 23.9. The summed E-state index contributed by atoms with van der Waals surface area (Å²) in [4.78, 5) is 24.6. The summed E-state index contributed by atoms with van der Waals surface area (Å²) in [5.41, 5.74) is -0.405. The number of carbonyl (C=O) groups is 2. The first-order valence-corrected chi connectivity index (χ1v) is 14.3. The van der Waals surface area contributed by atoms with Gasteiger partial charge in [0.15, 0.2) is 12.1 Å². The largest absolute Gasteiger partial charge is 0.495 e. The number of carbonyl (C=O) groups excluding carboxylic acids is 2. The highest BCUT2D eigenvalue weighted by molar-refractivity contribution is 7.62. The Bertz CT molecular complexity index is 1170. The lowest BCUT2D eigenvalue weighted by molar-refractivity contribution is -0.124.